The topological polar surface area (TPSA) is 110 Å². The molecule has 0 spiro atoms. The molecule has 2 aromatic carbocycles. The van der Waals surface area contributed by atoms with Crippen molar-refractivity contribution in [1.82, 2.24) is 4.90 Å². The smallest absolute Gasteiger partial charge is 0.282 e. The van der Waals surface area contributed by atoms with E-state index in [1.807, 2.05) is 6.07 Å². The summed E-state index contributed by atoms with van der Waals surface area (Å²) < 4.78 is 5.38. The molecule has 2 aromatic rings. The van der Waals surface area contributed by atoms with Crippen LogP contribution in [0.3, 0.4) is 0 Å². The number of amides is 2. The summed E-state index contributed by atoms with van der Waals surface area (Å²) >= 11 is 0. The molecular formula is C17H14N2O6. The lowest BCUT2D eigenvalue weighted by Gasteiger charge is -2.18. The lowest BCUT2D eigenvalue weighted by molar-refractivity contribution is -0.385. The van der Waals surface area contributed by atoms with Gasteiger partial charge in [-0.15, -0.1) is 0 Å². The number of aliphatic hydroxyl groups is 1. The molecule has 0 unspecified atom stereocenters. The Morgan fingerprint density at radius 2 is 1.80 bits per heavy atom. The molecule has 1 atom stereocenters. The molecular weight excluding hydrogens is 328 g/mol. The van der Waals surface area contributed by atoms with Crippen molar-refractivity contribution in [2.75, 3.05) is 13.2 Å². The van der Waals surface area contributed by atoms with Crippen LogP contribution in [0.15, 0.2) is 48.5 Å². The summed E-state index contributed by atoms with van der Waals surface area (Å²) in [5.74, 6) is -0.909. The first-order valence-electron chi connectivity index (χ1n) is 7.48. The van der Waals surface area contributed by atoms with Crippen molar-refractivity contribution in [1.29, 1.82) is 0 Å². The van der Waals surface area contributed by atoms with Crippen molar-refractivity contribution in [2.45, 2.75) is 6.10 Å². The van der Waals surface area contributed by atoms with Crippen LogP contribution in [0, 0.1) is 10.1 Å². The van der Waals surface area contributed by atoms with E-state index in [1.165, 1.54) is 18.2 Å². The predicted octanol–water partition coefficient (Wildman–Crippen LogP) is 1.63. The van der Waals surface area contributed by atoms with E-state index in [0.29, 0.717) is 5.75 Å². The van der Waals surface area contributed by atoms with Gasteiger partial charge in [-0.25, -0.2) is 0 Å². The molecule has 1 aliphatic heterocycles. The number of β-amino-alcohol motifs (C(OH)–C–C–N with tert-alkyl or cyclic N) is 1. The molecule has 1 heterocycles. The fourth-order valence-corrected chi connectivity index (χ4v) is 2.61. The van der Waals surface area contributed by atoms with Gasteiger partial charge in [0, 0.05) is 6.07 Å². The van der Waals surface area contributed by atoms with E-state index in [2.05, 4.69) is 0 Å². The first-order chi connectivity index (χ1) is 12.0. The van der Waals surface area contributed by atoms with E-state index in [0.717, 1.165) is 4.90 Å². The normalized spacial score (nSPS) is 14.4. The van der Waals surface area contributed by atoms with Crippen LogP contribution in [0.25, 0.3) is 0 Å². The second-order valence-corrected chi connectivity index (χ2v) is 5.46. The number of rotatable bonds is 6. The summed E-state index contributed by atoms with van der Waals surface area (Å²) in [6, 6.07) is 12.6. The Bertz CT molecular complexity index is 836. The third kappa shape index (κ3) is 3.20. The van der Waals surface area contributed by atoms with Crippen LogP contribution < -0.4 is 4.74 Å². The molecule has 128 valence electrons. The zero-order chi connectivity index (χ0) is 18.0. The average Bonchev–Trinajstić information content (AvgIpc) is 2.86. The van der Waals surface area contributed by atoms with Gasteiger partial charge in [0.25, 0.3) is 17.5 Å². The molecule has 8 nitrogen and oxygen atoms in total. The molecule has 0 saturated carbocycles. The number of imide groups is 1. The fourth-order valence-electron chi connectivity index (χ4n) is 2.61. The number of carbonyl (C=O) groups excluding carboxylic acids is 2. The molecule has 1 aliphatic rings. The van der Waals surface area contributed by atoms with Crippen molar-refractivity contribution in [3.05, 3.63) is 69.8 Å². The number of ether oxygens (including phenoxy) is 1. The van der Waals surface area contributed by atoms with E-state index in [4.69, 9.17) is 4.74 Å². The van der Waals surface area contributed by atoms with Crippen LogP contribution in [-0.2, 0) is 0 Å². The number of nitro groups is 1. The number of nitro benzene ring substituents is 1. The first kappa shape index (κ1) is 16.6. The standard InChI is InChI=1S/C17H14N2O6/c20-11(10-25-12-5-2-1-3-6-12)9-18-16(21)13-7-4-8-14(19(23)24)15(13)17(18)22/h1-8,11,20H,9-10H2/t11-/m0/s1. The maximum Gasteiger partial charge on any atom is 0.282 e. The van der Waals surface area contributed by atoms with Crippen LogP contribution in [0.4, 0.5) is 5.69 Å². The third-order valence-corrected chi connectivity index (χ3v) is 3.75. The van der Waals surface area contributed by atoms with E-state index >= 15 is 0 Å². The lowest BCUT2D eigenvalue weighted by Crippen LogP contribution is -2.39. The van der Waals surface area contributed by atoms with E-state index in [-0.39, 0.29) is 24.3 Å². The highest BCUT2D eigenvalue weighted by Crippen LogP contribution is 2.30. The predicted molar refractivity (Wildman–Crippen MR) is 86.4 cm³/mol. The molecule has 8 heteroatoms. The molecule has 0 fully saturated rings. The third-order valence-electron chi connectivity index (χ3n) is 3.75. The van der Waals surface area contributed by atoms with Gasteiger partial charge >= 0.3 is 0 Å². The fraction of sp³-hybridized carbons (Fsp3) is 0.176. The maximum absolute atomic E-state index is 12.4. The summed E-state index contributed by atoms with van der Waals surface area (Å²) in [7, 11) is 0. The van der Waals surface area contributed by atoms with Gasteiger partial charge in [0.05, 0.1) is 17.0 Å². The minimum Gasteiger partial charge on any atom is -0.491 e. The van der Waals surface area contributed by atoms with Gasteiger partial charge in [0.1, 0.15) is 24.0 Å². The number of benzene rings is 2. The molecule has 0 radical (unpaired) electrons. The Morgan fingerprint density at radius 3 is 2.48 bits per heavy atom. The van der Waals surface area contributed by atoms with Gasteiger partial charge in [0.2, 0.25) is 0 Å². The van der Waals surface area contributed by atoms with Crippen molar-refractivity contribution in [2.24, 2.45) is 0 Å². The van der Waals surface area contributed by atoms with Crippen molar-refractivity contribution < 1.29 is 24.4 Å². The number of hydrogen-bond acceptors (Lipinski definition) is 6. The minimum atomic E-state index is -1.12. The lowest BCUT2D eigenvalue weighted by atomic mass is 10.1. The quantitative estimate of drug-likeness (QED) is 0.485. The van der Waals surface area contributed by atoms with Gasteiger partial charge in [-0.1, -0.05) is 24.3 Å². The van der Waals surface area contributed by atoms with E-state index in [1.54, 1.807) is 24.3 Å². The Labute approximate surface area is 142 Å². The second kappa shape index (κ2) is 6.70. The maximum atomic E-state index is 12.4. The average molecular weight is 342 g/mol. The summed E-state index contributed by atoms with van der Waals surface area (Å²) in [6.45, 7) is -0.435. The largest absolute Gasteiger partial charge is 0.491 e. The zero-order valence-electron chi connectivity index (χ0n) is 13.0. The number of aliphatic hydroxyl groups excluding tert-OH is 1. The Morgan fingerprint density at radius 1 is 1.08 bits per heavy atom. The number of fused-ring (bicyclic) bond motifs is 1. The van der Waals surface area contributed by atoms with Crippen LogP contribution in [0.1, 0.15) is 20.7 Å². The highest BCUT2D eigenvalue weighted by atomic mass is 16.6. The number of hydrogen-bond donors (Lipinski definition) is 1. The van der Waals surface area contributed by atoms with Crippen LogP contribution >= 0.6 is 0 Å². The molecule has 25 heavy (non-hydrogen) atoms. The zero-order valence-corrected chi connectivity index (χ0v) is 13.0. The molecule has 0 bridgehead atoms. The van der Waals surface area contributed by atoms with Crippen LogP contribution in [0.5, 0.6) is 5.75 Å². The molecule has 3 rings (SSSR count). The van der Waals surface area contributed by atoms with Gasteiger partial charge in [0.15, 0.2) is 0 Å². The van der Waals surface area contributed by atoms with Crippen molar-refractivity contribution in [3.63, 3.8) is 0 Å². The summed E-state index contributed by atoms with van der Waals surface area (Å²) in [5, 5.41) is 21.1. The molecule has 0 saturated heterocycles. The van der Waals surface area contributed by atoms with E-state index < -0.39 is 28.5 Å². The van der Waals surface area contributed by atoms with Crippen molar-refractivity contribution >= 4 is 17.5 Å². The molecule has 0 aliphatic carbocycles. The monoisotopic (exact) mass is 342 g/mol. The van der Waals surface area contributed by atoms with Crippen LogP contribution in [-0.4, -0.2) is 46.0 Å². The Hall–Kier alpha value is -3.26. The number of nitrogens with zero attached hydrogens (tertiary/aromatic N) is 2. The molecule has 0 aromatic heterocycles. The molecule has 1 N–H and O–H groups in total. The van der Waals surface area contributed by atoms with Gasteiger partial charge in [-0.05, 0) is 18.2 Å². The van der Waals surface area contributed by atoms with Gasteiger partial charge in [-0.2, -0.15) is 0 Å². The van der Waals surface area contributed by atoms with Gasteiger partial charge in [-0.3, -0.25) is 24.6 Å². The first-order valence-corrected chi connectivity index (χ1v) is 7.48. The second-order valence-electron chi connectivity index (χ2n) is 5.46. The summed E-state index contributed by atoms with van der Waals surface area (Å²) in [5.41, 5.74) is -0.697. The summed E-state index contributed by atoms with van der Waals surface area (Å²) in [4.78, 5) is 35.9. The summed E-state index contributed by atoms with van der Waals surface area (Å²) in [6.07, 6.45) is -1.12. The SMILES string of the molecule is O=C1c2cccc([N+](=O)[O-])c2C(=O)N1C[C@H](O)COc1ccccc1. The van der Waals surface area contributed by atoms with Crippen molar-refractivity contribution in [3.8, 4) is 5.75 Å². The Kier molecular flexibility index (Phi) is 4.44. The highest BCUT2D eigenvalue weighted by molar-refractivity contribution is 6.23. The van der Waals surface area contributed by atoms with E-state index in [9.17, 15) is 24.8 Å². The number of para-hydroxylation sites is 1. The van der Waals surface area contributed by atoms with Crippen LogP contribution in [0.2, 0.25) is 0 Å². The highest BCUT2D eigenvalue weighted by Gasteiger charge is 2.41. The van der Waals surface area contributed by atoms with Gasteiger partial charge < -0.3 is 9.84 Å². The Balaban J connectivity index is 1.71. The minimum absolute atomic E-state index is 0.0321. The number of carbonyl (C=O) groups is 2. The molecule has 2 amide bonds.